The number of carbonyl (C=O) groups is 2. The third-order valence-corrected chi connectivity index (χ3v) is 5.84. The maximum Gasteiger partial charge on any atom is 0.358 e. The zero-order valence-electron chi connectivity index (χ0n) is 20.9. The summed E-state index contributed by atoms with van der Waals surface area (Å²) in [6, 6.07) is 15.8. The number of pyridine rings is 1. The molecule has 0 saturated carbocycles. The average Bonchev–Trinajstić information content (AvgIpc) is 3.34. The van der Waals surface area contributed by atoms with Crippen LogP contribution in [0.1, 0.15) is 47.5 Å². The second-order valence-electron chi connectivity index (χ2n) is 8.23. The van der Waals surface area contributed by atoms with E-state index in [4.69, 9.17) is 21.1 Å². The Hall–Kier alpha value is -4.24. The molecule has 0 aliphatic carbocycles. The van der Waals surface area contributed by atoms with Crippen LogP contribution in [0.2, 0.25) is 5.02 Å². The summed E-state index contributed by atoms with van der Waals surface area (Å²) in [6.45, 7) is 4.49. The molecule has 1 amide bonds. The van der Waals surface area contributed by atoms with E-state index in [1.165, 1.54) is 41.2 Å². The predicted octanol–water partition coefficient (Wildman–Crippen LogP) is 6.33. The van der Waals surface area contributed by atoms with Gasteiger partial charge in [0.25, 0.3) is 5.91 Å². The number of benzene rings is 2. The topological polar surface area (TPSA) is 95.3 Å². The number of aromatic nitrogens is 3. The van der Waals surface area contributed by atoms with E-state index in [2.05, 4.69) is 22.3 Å². The van der Waals surface area contributed by atoms with Gasteiger partial charge < -0.3 is 14.8 Å². The third-order valence-electron chi connectivity index (χ3n) is 5.51. The van der Waals surface area contributed by atoms with Gasteiger partial charge in [0, 0.05) is 23.9 Å². The molecule has 0 aliphatic rings. The van der Waals surface area contributed by atoms with Gasteiger partial charge in [0.2, 0.25) is 0 Å². The standard InChI is InChI=1S/C28H26ClFN4O4/c1-3-5-14-38-20-9-6-8-19(16-20)34-25(17-24(33-34)28(36)37-4-2)32-27(35)21-15-18(11-12-22(21)29)26-23(30)10-7-13-31-26/h6-13,15-17H,3-5,14H2,1-2H3,(H,32,35). The Morgan fingerprint density at radius 1 is 1.08 bits per heavy atom. The highest BCUT2D eigenvalue weighted by Gasteiger charge is 2.21. The van der Waals surface area contributed by atoms with Crippen molar-refractivity contribution in [1.29, 1.82) is 0 Å². The fourth-order valence-electron chi connectivity index (χ4n) is 3.64. The number of amides is 1. The van der Waals surface area contributed by atoms with Crippen LogP contribution in [-0.2, 0) is 4.74 Å². The van der Waals surface area contributed by atoms with E-state index in [0.717, 1.165) is 12.8 Å². The molecular weight excluding hydrogens is 511 g/mol. The number of rotatable bonds is 10. The molecule has 4 rings (SSSR count). The molecule has 2 heterocycles. The minimum absolute atomic E-state index is 0.00913. The molecule has 8 nitrogen and oxygen atoms in total. The summed E-state index contributed by atoms with van der Waals surface area (Å²) in [4.78, 5) is 29.8. The number of hydrogen-bond acceptors (Lipinski definition) is 6. The van der Waals surface area contributed by atoms with Crippen molar-refractivity contribution >= 4 is 29.3 Å². The van der Waals surface area contributed by atoms with E-state index >= 15 is 0 Å². The van der Waals surface area contributed by atoms with E-state index in [-0.39, 0.29) is 34.4 Å². The number of carbonyl (C=O) groups excluding carboxylic acids is 2. The highest BCUT2D eigenvalue weighted by Crippen LogP contribution is 2.28. The van der Waals surface area contributed by atoms with E-state index in [1.807, 2.05) is 6.07 Å². The molecule has 10 heteroatoms. The van der Waals surface area contributed by atoms with Crippen molar-refractivity contribution in [1.82, 2.24) is 14.8 Å². The lowest BCUT2D eigenvalue weighted by Crippen LogP contribution is -2.16. The molecular formula is C28H26ClFN4O4. The van der Waals surface area contributed by atoms with Crippen LogP contribution in [0.15, 0.2) is 66.9 Å². The van der Waals surface area contributed by atoms with Crippen molar-refractivity contribution in [2.24, 2.45) is 0 Å². The Labute approximate surface area is 224 Å². The summed E-state index contributed by atoms with van der Waals surface area (Å²) in [7, 11) is 0. The minimum atomic E-state index is -0.636. The van der Waals surface area contributed by atoms with Crippen molar-refractivity contribution in [3.05, 3.63) is 89.0 Å². The van der Waals surface area contributed by atoms with Gasteiger partial charge in [-0.25, -0.2) is 13.9 Å². The Bertz CT molecular complexity index is 1460. The highest BCUT2D eigenvalue weighted by atomic mass is 35.5. The zero-order valence-corrected chi connectivity index (χ0v) is 21.7. The molecule has 4 aromatic rings. The molecule has 196 valence electrons. The van der Waals surface area contributed by atoms with E-state index in [9.17, 15) is 14.0 Å². The van der Waals surface area contributed by atoms with Crippen LogP contribution < -0.4 is 10.1 Å². The lowest BCUT2D eigenvalue weighted by atomic mass is 10.1. The van der Waals surface area contributed by atoms with Crippen LogP contribution in [0.4, 0.5) is 10.2 Å². The zero-order chi connectivity index (χ0) is 27.1. The lowest BCUT2D eigenvalue weighted by Gasteiger charge is -2.12. The van der Waals surface area contributed by atoms with Gasteiger partial charge in [0.15, 0.2) is 5.69 Å². The maximum absolute atomic E-state index is 14.3. The third kappa shape index (κ3) is 6.18. The fourth-order valence-corrected chi connectivity index (χ4v) is 3.84. The summed E-state index contributed by atoms with van der Waals surface area (Å²) in [5, 5.41) is 7.28. The van der Waals surface area contributed by atoms with Gasteiger partial charge in [-0.1, -0.05) is 37.1 Å². The molecule has 38 heavy (non-hydrogen) atoms. The molecule has 2 aromatic carbocycles. The largest absolute Gasteiger partial charge is 0.494 e. The quantitative estimate of drug-likeness (QED) is 0.188. The first-order valence-corrected chi connectivity index (χ1v) is 12.5. The first-order valence-electron chi connectivity index (χ1n) is 12.1. The lowest BCUT2D eigenvalue weighted by molar-refractivity contribution is 0.0518. The van der Waals surface area contributed by atoms with Crippen molar-refractivity contribution in [2.45, 2.75) is 26.7 Å². The second-order valence-corrected chi connectivity index (χ2v) is 8.64. The van der Waals surface area contributed by atoms with E-state index in [0.29, 0.717) is 23.6 Å². The molecule has 0 unspecified atom stereocenters. The monoisotopic (exact) mass is 536 g/mol. The molecule has 0 atom stereocenters. The summed E-state index contributed by atoms with van der Waals surface area (Å²) in [5.74, 6) is -0.925. The molecule has 0 saturated heterocycles. The SMILES string of the molecule is CCCCOc1cccc(-n2nc(C(=O)OCC)cc2NC(=O)c2cc(-c3ncccc3F)ccc2Cl)c1. The number of hydrogen-bond donors (Lipinski definition) is 1. The first-order chi connectivity index (χ1) is 18.4. The number of nitrogens with zero attached hydrogens (tertiary/aromatic N) is 3. The summed E-state index contributed by atoms with van der Waals surface area (Å²) < 4.78 is 26.6. The van der Waals surface area contributed by atoms with Gasteiger partial charge in [0.05, 0.1) is 29.5 Å². The van der Waals surface area contributed by atoms with Gasteiger partial charge in [-0.2, -0.15) is 5.10 Å². The van der Waals surface area contributed by atoms with Crippen molar-refractivity contribution in [3.8, 4) is 22.7 Å². The number of ether oxygens (including phenoxy) is 2. The molecule has 0 spiro atoms. The highest BCUT2D eigenvalue weighted by molar-refractivity contribution is 6.34. The number of esters is 1. The van der Waals surface area contributed by atoms with E-state index < -0.39 is 17.7 Å². The van der Waals surface area contributed by atoms with E-state index in [1.54, 1.807) is 31.2 Å². The van der Waals surface area contributed by atoms with Crippen LogP contribution in [0, 0.1) is 5.82 Å². The first kappa shape index (κ1) is 26.8. The molecule has 0 bridgehead atoms. The minimum Gasteiger partial charge on any atom is -0.494 e. The van der Waals surface area contributed by atoms with Crippen LogP contribution in [0.25, 0.3) is 16.9 Å². The predicted molar refractivity (Wildman–Crippen MR) is 143 cm³/mol. The number of halogens is 2. The van der Waals surface area contributed by atoms with Gasteiger partial charge in [0.1, 0.15) is 23.1 Å². The Balaban J connectivity index is 1.69. The molecule has 2 aromatic heterocycles. The Morgan fingerprint density at radius 3 is 2.68 bits per heavy atom. The normalized spacial score (nSPS) is 10.7. The van der Waals surface area contributed by atoms with Crippen molar-refractivity contribution in [2.75, 3.05) is 18.5 Å². The van der Waals surface area contributed by atoms with Crippen molar-refractivity contribution in [3.63, 3.8) is 0 Å². The van der Waals surface area contributed by atoms with Crippen LogP contribution in [0.5, 0.6) is 5.75 Å². The van der Waals surface area contributed by atoms with Gasteiger partial charge >= 0.3 is 5.97 Å². The smallest absolute Gasteiger partial charge is 0.358 e. The van der Waals surface area contributed by atoms with Crippen LogP contribution >= 0.6 is 11.6 Å². The maximum atomic E-state index is 14.3. The van der Waals surface area contributed by atoms with Crippen LogP contribution in [-0.4, -0.2) is 39.9 Å². The number of unbranched alkanes of at least 4 members (excludes halogenated alkanes) is 1. The summed E-state index contributed by atoms with van der Waals surface area (Å²) in [6.07, 6.45) is 3.36. The molecule has 0 radical (unpaired) electrons. The number of nitrogens with one attached hydrogen (secondary N) is 1. The average molecular weight is 537 g/mol. The number of anilines is 1. The Morgan fingerprint density at radius 2 is 1.92 bits per heavy atom. The molecule has 0 fully saturated rings. The van der Waals surface area contributed by atoms with Gasteiger partial charge in [-0.15, -0.1) is 0 Å². The molecule has 1 N–H and O–H groups in total. The molecule has 0 aliphatic heterocycles. The van der Waals surface area contributed by atoms with Crippen LogP contribution in [0.3, 0.4) is 0 Å². The van der Waals surface area contributed by atoms with Crippen molar-refractivity contribution < 1.29 is 23.5 Å². The second kappa shape index (κ2) is 12.3. The summed E-state index contributed by atoms with van der Waals surface area (Å²) in [5.41, 5.74) is 1.13. The van der Waals surface area contributed by atoms with Gasteiger partial charge in [-0.05, 0) is 49.7 Å². The summed E-state index contributed by atoms with van der Waals surface area (Å²) >= 11 is 6.33. The fraction of sp³-hybridized carbons (Fsp3) is 0.214. The Kier molecular flexibility index (Phi) is 8.70. The van der Waals surface area contributed by atoms with Gasteiger partial charge in [-0.3, -0.25) is 9.78 Å².